The Bertz CT molecular complexity index is 1100. The zero-order valence-electron chi connectivity index (χ0n) is 18.0. The molecular formula is C26H22O8. The molecule has 0 amide bonds. The summed E-state index contributed by atoms with van der Waals surface area (Å²) in [7, 11) is 0. The van der Waals surface area contributed by atoms with Crippen LogP contribution in [0.3, 0.4) is 0 Å². The van der Waals surface area contributed by atoms with E-state index in [1.165, 1.54) is 36.4 Å². The molecule has 0 heterocycles. The molecule has 0 spiro atoms. The Morgan fingerprint density at radius 1 is 0.647 bits per heavy atom. The summed E-state index contributed by atoms with van der Waals surface area (Å²) >= 11 is 0. The van der Waals surface area contributed by atoms with Crippen LogP contribution in [0.15, 0.2) is 91.0 Å². The maximum Gasteiger partial charge on any atom is 0.338 e. The van der Waals surface area contributed by atoms with Crippen LogP contribution < -0.4 is 0 Å². The number of aldehydes is 1. The van der Waals surface area contributed by atoms with Crippen LogP contribution in [0.25, 0.3) is 0 Å². The zero-order chi connectivity index (χ0) is 24.3. The van der Waals surface area contributed by atoms with Gasteiger partial charge in [0, 0.05) is 0 Å². The minimum Gasteiger partial charge on any atom is -0.452 e. The second kappa shape index (κ2) is 12.1. The number of hydrogen-bond donors (Lipinski definition) is 1. The minimum atomic E-state index is -1.67. The number of aliphatic hydroxyl groups is 1. The van der Waals surface area contributed by atoms with Gasteiger partial charge in [-0.2, -0.15) is 0 Å². The van der Waals surface area contributed by atoms with Crippen molar-refractivity contribution in [3.8, 4) is 0 Å². The average Bonchev–Trinajstić information content (AvgIpc) is 2.90. The first-order valence-corrected chi connectivity index (χ1v) is 10.4. The molecule has 0 bridgehead atoms. The van der Waals surface area contributed by atoms with E-state index in [0.717, 1.165) is 0 Å². The summed E-state index contributed by atoms with van der Waals surface area (Å²) in [5.41, 5.74) is 0.486. The fourth-order valence-electron chi connectivity index (χ4n) is 3.05. The van der Waals surface area contributed by atoms with Crippen LogP contribution in [0.2, 0.25) is 0 Å². The average molecular weight is 462 g/mol. The molecule has 0 radical (unpaired) electrons. The third-order valence-electron chi connectivity index (χ3n) is 4.78. The third-order valence-corrected chi connectivity index (χ3v) is 4.78. The van der Waals surface area contributed by atoms with Gasteiger partial charge in [0.1, 0.15) is 0 Å². The molecule has 174 valence electrons. The Balaban J connectivity index is 1.87. The van der Waals surface area contributed by atoms with Crippen LogP contribution in [0.4, 0.5) is 0 Å². The van der Waals surface area contributed by atoms with Gasteiger partial charge in [0.25, 0.3) is 0 Å². The van der Waals surface area contributed by atoms with Gasteiger partial charge in [-0.25, -0.2) is 14.4 Å². The van der Waals surface area contributed by atoms with Crippen molar-refractivity contribution in [3.63, 3.8) is 0 Å². The highest BCUT2D eigenvalue weighted by molar-refractivity contribution is 5.92. The minimum absolute atomic E-state index is 0.151. The van der Waals surface area contributed by atoms with E-state index in [0.29, 0.717) is 0 Å². The molecule has 0 aliphatic heterocycles. The largest absolute Gasteiger partial charge is 0.452 e. The molecule has 8 heteroatoms. The van der Waals surface area contributed by atoms with Gasteiger partial charge >= 0.3 is 17.9 Å². The van der Waals surface area contributed by atoms with Crippen LogP contribution in [-0.2, 0) is 19.0 Å². The summed E-state index contributed by atoms with van der Waals surface area (Å²) in [6.07, 6.45) is -4.53. The second-order valence-corrected chi connectivity index (χ2v) is 7.10. The SMILES string of the molecule is O=C[C@H](OC(=O)c1ccccc1)[C@H](OC(=O)c1ccccc1)[C@H](CO)OC(=O)c1ccccc1. The van der Waals surface area contributed by atoms with E-state index in [4.69, 9.17) is 14.2 Å². The topological polar surface area (TPSA) is 116 Å². The lowest BCUT2D eigenvalue weighted by Crippen LogP contribution is -2.48. The van der Waals surface area contributed by atoms with Crippen molar-refractivity contribution in [3.05, 3.63) is 108 Å². The first-order chi connectivity index (χ1) is 16.5. The van der Waals surface area contributed by atoms with E-state index in [1.54, 1.807) is 54.6 Å². The molecule has 1 N–H and O–H groups in total. The van der Waals surface area contributed by atoms with Crippen molar-refractivity contribution in [2.24, 2.45) is 0 Å². The summed E-state index contributed by atoms with van der Waals surface area (Å²) in [4.78, 5) is 49.7. The van der Waals surface area contributed by atoms with E-state index < -0.39 is 42.8 Å². The van der Waals surface area contributed by atoms with Crippen LogP contribution in [-0.4, -0.2) is 54.2 Å². The molecule has 0 aliphatic rings. The molecule has 0 fully saturated rings. The molecule has 8 nitrogen and oxygen atoms in total. The highest BCUT2D eigenvalue weighted by Gasteiger charge is 2.38. The molecule has 3 atom stereocenters. The number of esters is 3. The van der Waals surface area contributed by atoms with Crippen molar-refractivity contribution >= 4 is 24.2 Å². The molecule has 0 unspecified atom stereocenters. The number of hydrogen-bond acceptors (Lipinski definition) is 8. The number of benzene rings is 3. The van der Waals surface area contributed by atoms with Crippen molar-refractivity contribution < 1.29 is 38.5 Å². The van der Waals surface area contributed by atoms with E-state index in [1.807, 2.05) is 0 Å². The molecule has 3 aromatic rings. The van der Waals surface area contributed by atoms with Crippen LogP contribution in [0.5, 0.6) is 0 Å². The number of carbonyl (C=O) groups excluding carboxylic acids is 4. The zero-order valence-corrected chi connectivity index (χ0v) is 18.0. The lowest BCUT2D eigenvalue weighted by atomic mass is 10.1. The Morgan fingerprint density at radius 3 is 1.41 bits per heavy atom. The first-order valence-electron chi connectivity index (χ1n) is 10.4. The van der Waals surface area contributed by atoms with Crippen LogP contribution in [0.1, 0.15) is 31.1 Å². The summed E-state index contributed by atoms with van der Waals surface area (Å²) in [5, 5.41) is 9.95. The van der Waals surface area contributed by atoms with Gasteiger partial charge in [0.15, 0.2) is 24.6 Å². The van der Waals surface area contributed by atoms with E-state index in [9.17, 15) is 24.3 Å². The molecular weight excluding hydrogens is 440 g/mol. The fraction of sp³-hybridized carbons (Fsp3) is 0.154. The standard InChI is InChI=1S/C26H22O8/c27-16-21(32-24(29)18-10-4-1-5-11-18)23(34-26(31)20-14-8-3-9-15-20)22(17-28)33-25(30)19-12-6-2-7-13-19/h1-16,21-23,28H,17H2/t21-,22-,23-/m0/s1. The number of rotatable bonds is 10. The Labute approximate surface area is 195 Å². The molecule has 3 aromatic carbocycles. The maximum atomic E-state index is 12.7. The quantitative estimate of drug-likeness (QED) is 0.278. The van der Waals surface area contributed by atoms with E-state index >= 15 is 0 Å². The van der Waals surface area contributed by atoms with Crippen molar-refractivity contribution in [1.82, 2.24) is 0 Å². The molecule has 0 aliphatic carbocycles. The summed E-state index contributed by atoms with van der Waals surface area (Å²) in [6.45, 7) is -0.807. The van der Waals surface area contributed by atoms with Gasteiger partial charge in [0.2, 0.25) is 0 Å². The number of ether oxygens (including phenoxy) is 3. The number of carbonyl (C=O) groups is 4. The van der Waals surface area contributed by atoms with Gasteiger partial charge in [0.05, 0.1) is 23.3 Å². The summed E-state index contributed by atoms with van der Waals surface area (Å²) in [5.74, 6) is -2.54. The Morgan fingerprint density at radius 2 is 1.03 bits per heavy atom. The van der Waals surface area contributed by atoms with E-state index in [-0.39, 0.29) is 23.0 Å². The highest BCUT2D eigenvalue weighted by Crippen LogP contribution is 2.18. The monoisotopic (exact) mass is 462 g/mol. The molecule has 0 aromatic heterocycles. The predicted octanol–water partition coefficient (Wildman–Crippen LogP) is 2.85. The summed E-state index contributed by atoms with van der Waals surface area (Å²) in [6, 6.07) is 23.7. The van der Waals surface area contributed by atoms with Gasteiger partial charge in [-0.1, -0.05) is 54.6 Å². The third kappa shape index (κ3) is 6.36. The molecule has 0 saturated heterocycles. The molecule has 34 heavy (non-hydrogen) atoms. The Hall–Kier alpha value is -4.30. The molecule has 3 rings (SSSR count). The predicted molar refractivity (Wildman–Crippen MR) is 120 cm³/mol. The molecule has 0 saturated carbocycles. The normalized spacial score (nSPS) is 13.1. The van der Waals surface area contributed by atoms with Gasteiger partial charge in [-0.3, -0.25) is 4.79 Å². The highest BCUT2D eigenvalue weighted by atomic mass is 16.6. The smallest absolute Gasteiger partial charge is 0.338 e. The van der Waals surface area contributed by atoms with Gasteiger partial charge < -0.3 is 19.3 Å². The lowest BCUT2D eigenvalue weighted by molar-refractivity contribution is -0.131. The van der Waals surface area contributed by atoms with E-state index in [2.05, 4.69) is 0 Å². The fourth-order valence-corrected chi connectivity index (χ4v) is 3.05. The van der Waals surface area contributed by atoms with Crippen molar-refractivity contribution in [1.29, 1.82) is 0 Å². The Kier molecular flexibility index (Phi) is 8.65. The van der Waals surface area contributed by atoms with Crippen LogP contribution in [0, 0.1) is 0 Å². The van der Waals surface area contributed by atoms with Crippen molar-refractivity contribution in [2.45, 2.75) is 18.3 Å². The summed E-state index contributed by atoms with van der Waals surface area (Å²) < 4.78 is 16.0. The second-order valence-electron chi connectivity index (χ2n) is 7.10. The van der Waals surface area contributed by atoms with Gasteiger partial charge in [-0.05, 0) is 36.4 Å². The van der Waals surface area contributed by atoms with Crippen LogP contribution >= 0.6 is 0 Å². The lowest BCUT2D eigenvalue weighted by Gasteiger charge is -2.29. The first kappa shape index (κ1) is 24.3. The van der Waals surface area contributed by atoms with Crippen molar-refractivity contribution in [2.75, 3.05) is 6.61 Å². The maximum absolute atomic E-state index is 12.7. The number of aliphatic hydroxyl groups excluding tert-OH is 1. The van der Waals surface area contributed by atoms with Gasteiger partial charge in [-0.15, -0.1) is 0 Å².